The molecule has 0 aliphatic rings. The van der Waals surface area contributed by atoms with E-state index in [0.717, 1.165) is 0 Å². The van der Waals surface area contributed by atoms with Crippen LogP contribution in [-0.2, 0) is 9.59 Å². The Balaban J connectivity index is 3.12. The molecule has 0 radical (unpaired) electrons. The first-order valence-corrected chi connectivity index (χ1v) is 8.52. The molecule has 1 aromatic carbocycles. The number of halogens is 4. The van der Waals surface area contributed by atoms with Crippen LogP contribution in [0.5, 0.6) is 11.5 Å². The van der Waals surface area contributed by atoms with E-state index < -0.39 is 27.7 Å². The summed E-state index contributed by atoms with van der Waals surface area (Å²) in [4.78, 5) is 20.9. The van der Waals surface area contributed by atoms with Gasteiger partial charge in [-0.15, -0.1) is 0 Å². The Morgan fingerprint density at radius 3 is 2.00 bits per heavy atom. The Labute approximate surface area is 159 Å². The minimum absolute atomic E-state index is 0.421. The van der Waals surface area contributed by atoms with Crippen molar-refractivity contribution in [2.75, 3.05) is 13.7 Å². The summed E-state index contributed by atoms with van der Waals surface area (Å²) in [6.45, 7) is 2.28. The summed E-state index contributed by atoms with van der Waals surface area (Å²) < 4.78 is 10.7. The SMILES string of the molecule is CCOc1ccc(C(NC(=O)C(Cl)Cl)NC(=O)C(Cl)Cl)cc1OC. The summed E-state index contributed by atoms with van der Waals surface area (Å²) in [5, 5.41) is 4.95. The summed E-state index contributed by atoms with van der Waals surface area (Å²) >= 11 is 22.1. The predicted octanol–water partition coefficient (Wildman–Crippen LogP) is 2.93. The summed E-state index contributed by atoms with van der Waals surface area (Å²) in [6.07, 6.45) is -0.963. The number of amides is 2. The third-order valence-electron chi connectivity index (χ3n) is 2.79. The van der Waals surface area contributed by atoms with Crippen LogP contribution in [0.25, 0.3) is 0 Å². The van der Waals surface area contributed by atoms with Crippen LogP contribution in [0.2, 0.25) is 0 Å². The molecular weight excluding hydrogens is 402 g/mol. The topological polar surface area (TPSA) is 76.7 Å². The summed E-state index contributed by atoms with van der Waals surface area (Å²) in [7, 11) is 1.47. The smallest absolute Gasteiger partial charge is 0.255 e. The Hall–Kier alpha value is -1.08. The van der Waals surface area contributed by atoms with Crippen molar-refractivity contribution in [2.45, 2.75) is 22.8 Å². The Kier molecular flexibility index (Phi) is 8.76. The number of ether oxygens (including phenoxy) is 2. The molecule has 0 atom stereocenters. The standard InChI is InChI=1S/C14H16Cl4N2O4/c1-3-24-8-5-4-7(6-9(8)23-2)12(19-13(21)10(15)16)20-14(22)11(17)18/h4-6,10-12H,3H2,1-2H3,(H,19,21)(H,20,22). The average molecular weight is 418 g/mol. The second kappa shape index (κ2) is 10.0. The van der Waals surface area contributed by atoms with Gasteiger partial charge in [-0.25, -0.2) is 0 Å². The maximum atomic E-state index is 11.8. The normalized spacial score (nSPS) is 10.9. The second-order valence-corrected chi connectivity index (χ2v) is 6.59. The molecule has 0 aromatic heterocycles. The second-order valence-electron chi connectivity index (χ2n) is 4.39. The molecule has 0 heterocycles. The van der Waals surface area contributed by atoms with E-state index in [0.29, 0.717) is 23.7 Å². The number of nitrogens with one attached hydrogen (secondary N) is 2. The number of methoxy groups -OCH3 is 1. The maximum Gasteiger partial charge on any atom is 0.255 e. The molecule has 2 amide bonds. The van der Waals surface area contributed by atoms with Crippen LogP contribution >= 0.6 is 46.4 Å². The van der Waals surface area contributed by atoms with E-state index in [2.05, 4.69) is 10.6 Å². The van der Waals surface area contributed by atoms with Gasteiger partial charge in [-0.3, -0.25) is 9.59 Å². The number of hydrogen-bond acceptors (Lipinski definition) is 4. The van der Waals surface area contributed by atoms with Gasteiger partial charge < -0.3 is 20.1 Å². The van der Waals surface area contributed by atoms with Crippen LogP contribution in [0.1, 0.15) is 18.7 Å². The first kappa shape index (κ1) is 21.0. The fourth-order valence-electron chi connectivity index (χ4n) is 1.75. The molecule has 0 saturated carbocycles. The molecule has 0 unspecified atom stereocenters. The van der Waals surface area contributed by atoms with E-state index >= 15 is 0 Å². The van der Waals surface area contributed by atoms with Crippen molar-refractivity contribution >= 4 is 58.2 Å². The van der Waals surface area contributed by atoms with E-state index in [1.165, 1.54) is 7.11 Å². The molecule has 0 aliphatic carbocycles. The number of carbonyl (C=O) groups is 2. The van der Waals surface area contributed by atoms with E-state index in [4.69, 9.17) is 55.9 Å². The van der Waals surface area contributed by atoms with E-state index in [-0.39, 0.29) is 0 Å². The van der Waals surface area contributed by atoms with Gasteiger partial charge in [0.25, 0.3) is 11.8 Å². The molecule has 1 aromatic rings. The van der Waals surface area contributed by atoms with Crippen LogP contribution in [0.15, 0.2) is 18.2 Å². The summed E-state index contributed by atoms with van der Waals surface area (Å²) in [5.74, 6) is -0.459. The van der Waals surface area contributed by atoms with Gasteiger partial charge in [0.1, 0.15) is 6.17 Å². The van der Waals surface area contributed by atoms with Crippen molar-refractivity contribution in [3.05, 3.63) is 23.8 Å². The highest BCUT2D eigenvalue weighted by Crippen LogP contribution is 2.30. The van der Waals surface area contributed by atoms with Crippen molar-refractivity contribution in [2.24, 2.45) is 0 Å². The molecule has 2 N–H and O–H groups in total. The Morgan fingerprint density at radius 2 is 1.58 bits per heavy atom. The van der Waals surface area contributed by atoms with E-state index in [9.17, 15) is 9.59 Å². The Morgan fingerprint density at radius 1 is 1.04 bits per heavy atom. The molecule has 134 valence electrons. The van der Waals surface area contributed by atoms with E-state index in [1.807, 2.05) is 6.92 Å². The molecule has 0 spiro atoms. The summed E-state index contributed by atoms with van der Waals surface area (Å²) in [5.41, 5.74) is 0.486. The fourth-order valence-corrected chi connectivity index (χ4v) is 2.00. The number of rotatable bonds is 8. The van der Waals surface area contributed by atoms with Gasteiger partial charge >= 0.3 is 0 Å². The first-order chi connectivity index (χ1) is 11.3. The fraction of sp³-hybridized carbons (Fsp3) is 0.429. The van der Waals surface area contributed by atoms with Gasteiger partial charge in [-0.05, 0) is 24.6 Å². The molecule has 6 nitrogen and oxygen atoms in total. The predicted molar refractivity (Wildman–Crippen MR) is 94.2 cm³/mol. The van der Waals surface area contributed by atoms with Crippen molar-refractivity contribution in [3.63, 3.8) is 0 Å². The third-order valence-corrected chi connectivity index (χ3v) is 3.58. The molecule has 0 aliphatic heterocycles. The average Bonchev–Trinajstić information content (AvgIpc) is 2.54. The van der Waals surface area contributed by atoms with Gasteiger partial charge in [-0.1, -0.05) is 52.5 Å². The first-order valence-electron chi connectivity index (χ1n) is 6.77. The zero-order valence-electron chi connectivity index (χ0n) is 12.8. The van der Waals surface area contributed by atoms with Crippen LogP contribution in [-0.4, -0.2) is 35.2 Å². The quantitative estimate of drug-likeness (QED) is 0.503. The zero-order valence-corrected chi connectivity index (χ0v) is 15.8. The highest BCUT2D eigenvalue weighted by Gasteiger charge is 2.23. The zero-order chi connectivity index (χ0) is 18.3. The van der Waals surface area contributed by atoms with Gasteiger partial charge in [0.2, 0.25) is 0 Å². The molecule has 1 rings (SSSR count). The van der Waals surface area contributed by atoms with Gasteiger partial charge in [0, 0.05) is 0 Å². The maximum absolute atomic E-state index is 11.8. The highest BCUT2D eigenvalue weighted by molar-refractivity contribution is 6.54. The minimum Gasteiger partial charge on any atom is -0.493 e. The van der Waals surface area contributed by atoms with Crippen LogP contribution < -0.4 is 20.1 Å². The van der Waals surface area contributed by atoms with Crippen LogP contribution in [0.3, 0.4) is 0 Å². The van der Waals surface area contributed by atoms with Gasteiger partial charge in [-0.2, -0.15) is 0 Å². The lowest BCUT2D eigenvalue weighted by Gasteiger charge is -2.22. The van der Waals surface area contributed by atoms with Crippen molar-refractivity contribution in [3.8, 4) is 11.5 Å². The van der Waals surface area contributed by atoms with Gasteiger partial charge in [0.15, 0.2) is 21.2 Å². The van der Waals surface area contributed by atoms with Crippen molar-refractivity contribution in [1.29, 1.82) is 0 Å². The molecule has 10 heteroatoms. The lowest BCUT2D eigenvalue weighted by atomic mass is 10.1. The van der Waals surface area contributed by atoms with Crippen molar-refractivity contribution in [1.82, 2.24) is 10.6 Å². The van der Waals surface area contributed by atoms with Crippen molar-refractivity contribution < 1.29 is 19.1 Å². The Bertz CT molecular complexity index is 562. The molecule has 0 fully saturated rings. The number of alkyl halides is 4. The highest BCUT2D eigenvalue weighted by atomic mass is 35.5. The molecule has 24 heavy (non-hydrogen) atoms. The number of hydrogen-bond donors (Lipinski definition) is 2. The van der Waals surface area contributed by atoms with Gasteiger partial charge in [0.05, 0.1) is 13.7 Å². The molecular formula is C14H16Cl4N2O4. The lowest BCUT2D eigenvalue weighted by molar-refractivity contribution is -0.122. The van der Waals surface area contributed by atoms with Crippen LogP contribution in [0.4, 0.5) is 0 Å². The lowest BCUT2D eigenvalue weighted by Crippen LogP contribution is -2.44. The summed E-state index contributed by atoms with van der Waals surface area (Å²) in [6, 6.07) is 4.86. The molecule has 0 saturated heterocycles. The largest absolute Gasteiger partial charge is 0.493 e. The number of benzene rings is 1. The van der Waals surface area contributed by atoms with E-state index in [1.54, 1.807) is 18.2 Å². The monoisotopic (exact) mass is 416 g/mol. The number of carbonyl (C=O) groups excluding carboxylic acids is 2. The van der Waals surface area contributed by atoms with Crippen LogP contribution in [0, 0.1) is 0 Å². The minimum atomic E-state index is -1.31. The molecule has 0 bridgehead atoms. The third kappa shape index (κ3) is 6.09.